The Bertz CT molecular complexity index is 781. The van der Waals surface area contributed by atoms with Crippen molar-refractivity contribution in [3.05, 3.63) is 52.1 Å². The van der Waals surface area contributed by atoms with Crippen molar-refractivity contribution in [2.75, 3.05) is 11.9 Å². The molecule has 2 rings (SSSR count). The summed E-state index contributed by atoms with van der Waals surface area (Å²) in [5.41, 5.74) is 0.316. The van der Waals surface area contributed by atoms with Crippen LogP contribution in [0, 0.1) is 0 Å². The number of ether oxygens (including phenoxy) is 2. The van der Waals surface area contributed by atoms with E-state index in [0.29, 0.717) is 22.9 Å². The highest BCUT2D eigenvalue weighted by atomic mass is 35.5. The standard InChI is InChI=1S/C18H18Cl2N2O4/c1-3-8-25-14-6-4-12(5-7-14)18(24)26-11(2)17(23)22-16-15(20)9-13(19)10-21-16/h4-7,9-11H,3,8H2,1-2H3,(H,21,22,23)/t11-/m0/s1. The zero-order valence-electron chi connectivity index (χ0n) is 14.3. The smallest absolute Gasteiger partial charge is 0.338 e. The molecule has 1 aromatic heterocycles. The molecule has 1 atom stereocenters. The number of amides is 1. The molecule has 1 aromatic carbocycles. The molecule has 2 aromatic rings. The van der Waals surface area contributed by atoms with Crippen molar-refractivity contribution in [2.45, 2.75) is 26.4 Å². The molecule has 26 heavy (non-hydrogen) atoms. The van der Waals surface area contributed by atoms with Crippen molar-refractivity contribution < 1.29 is 19.1 Å². The lowest BCUT2D eigenvalue weighted by atomic mass is 10.2. The zero-order valence-corrected chi connectivity index (χ0v) is 15.8. The number of nitrogens with one attached hydrogen (secondary N) is 1. The molecule has 1 N–H and O–H groups in total. The molecule has 0 aliphatic heterocycles. The number of halogens is 2. The van der Waals surface area contributed by atoms with Gasteiger partial charge in [-0.05, 0) is 43.7 Å². The van der Waals surface area contributed by atoms with Crippen LogP contribution in [0.2, 0.25) is 10.0 Å². The van der Waals surface area contributed by atoms with E-state index in [0.717, 1.165) is 6.42 Å². The fourth-order valence-electron chi connectivity index (χ4n) is 1.91. The quantitative estimate of drug-likeness (QED) is 0.703. The van der Waals surface area contributed by atoms with Gasteiger partial charge in [0.2, 0.25) is 0 Å². The second-order valence-electron chi connectivity index (χ2n) is 5.39. The van der Waals surface area contributed by atoms with Crippen LogP contribution in [-0.2, 0) is 9.53 Å². The summed E-state index contributed by atoms with van der Waals surface area (Å²) in [6.45, 7) is 4.06. The highest BCUT2D eigenvalue weighted by Crippen LogP contribution is 2.22. The number of rotatable bonds is 7. The SMILES string of the molecule is CCCOc1ccc(C(=O)O[C@@H](C)C(=O)Nc2ncc(Cl)cc2Cl)cc1. The van der Waals surface area contributed by atoms with Gasteiger partial charge in [-0.1, -0.05) is 30.1 Å². The van der Waals surface area contributed by atoms with Gasteiger partial charge in [0, 0.05) is 6.20 Å². The summed E-state index contributed by atoms with van der Waals surface area (Å²) in [5, 5.41) is 3.02. The minimum Gasteiger partial charge on any atom is -0.494 e. The third-order valence-corrected chi connectivity index (χ3v) is 3.76. The average Bonchev–Trinajstić information content (AvgIpc) is 2.62. The minimum atomic E-state index is -1.04. The van der Waals surface area contributed by atoms with Gasteiger partial charge in [-0.25, -0.2) is 9.78 Å². The summed E-state index contributed by atoms with van der Waals surface area (Å²) in [6.07, 6.45) is 1.21. The second kappa shape index (κ2) is 9.40. The third kappa shape index (κ3) is 5.61. The summed E-state index contributed by atoms with van der Waals surface area (Å²) in [5.74, 6) is -0.373. The van der Waals surface area contributed by atoms with Gasteiger partial charge in [-0.2, -0.15) is 0 Å². The van der Waals surface area contributed by atoms with Crippen molar-refractivity contribution in [2.24, 2.45) is 0 Å². The molecule has 0 radical (unpaired) electrons. The van der Waals surface area contributed by atoms with Crippen LogP contribution >= 0.6 is 23.2 Å². The Morgan fingerprint density at radius 2 is 1.92 bits per heavy atom. The molecule has 6 nitrogen and oxygen atoms in total. The molecule has 0 aliphatic rings. The van der Waals surface area contributed by atoms with Gasteiger partial charge in [0.05, 0.1) is 22.2 Å². The van der Waals surface area contributed by atoms with Crippen molar-refractivity contribution in [3.8, 4) is 5.75 Å². The Balaban J connectivity index is 1.94. The van der Waals surface area contributed by atoms with E-state index in [-0.39, 0.29) is 10.8 Å². The van der Waals surface area contributed by atoms with E-state index in [4.69, 9.17) is 32.7 Å². The zero-order chi connectivity index (χ0) is 19.1. The van der Waals surface area contributed by atoms with E-state index >= 15 is 0 Å². The van der Waals surface area contributed by atoms with Crippen molar-refractivity contribution in [1.29, 1.82) is 0 Å². The third-order valence-electron chi connectivity index (χ3n) is 3.27. The predicted molar refractivity (Wildman–Crippen MR) is 100.0 cm³/mol. The number of anilines is 1. The molecule has 0 saturated heterocycles. The van der Waals surface area contributed by atoms with Crippen molar-refractivity contribution in [3.63, 3.8) is 0 Å². The number of pyridine rings is 1. The monoisotopic (exact) mass is 396 g/mol. The Morgan fingerprint density at radius 1 is 1.23 bits per heavy atom. The first-order chi connectivity index (χ1) is 12.4. The first-order valence-electron chi connectivity index (χ1n) is 7.96. The van der Waals surface area contributed by atoms with Gasteiger partial charge >= 0.3 is 5.97 Å². The summed E-state index contributed by atoms with van der Waals surface area (Å²) < 4.78 is 10.6. The molecule has 8 heteroatoms. The Hall–Kier alpha value is -2.31. The van der Waals surface area contributed by atoms with Gasteiger partial charge in [0.15, 0.2) is 11.9 Å². The Morgan fingerprint density at radius 3 is 2.54 bits per heavy atom. The van der Waals surface area contributed by atoms with Gasteiger partial charge in [-0.3, -0.25) is 4.79 Å². The maximum Gasteiger partial charge on any atom is 0.338 e. The van der Waals surface area contributed by atoms with E-state index < -0.39 is 18.0 Å². The molecule has 0 aliphatic carbocycles. The molecule has 138 valence electrons. The minimum absolute atomic E-state index is 0.140. The number of hydrogen-bond donors (Lipinski definition) is 1. The van der Waals surface area contributed by atoms with Gasteiger partial charge in [0.25, 0.3) is 5.91 Å². The molecule has 0 unspecified atom stereocenters. The highest BCUT2D eigenvalue weighted by molar-refractivity contribution is 6.36. The summed E-state index contributed by atoms with van der Waals surface area (Å²) in [7, 11) is 0. The molecule has 1 heterocycles. The fraction of sp³-hybridized carbons (Fsp3) is 0.278. The molecule has 1 amide bonds. The molecule has 0 bridgehead atoms. The molecular weight excluding hydrogens is 379 g/mol. The van der Waals surface area contributed by atoms with Crippen LogP contribution in [0.4, 0.5) is 5.82 Å². The van der Waals surface area contributed by atoms with Crippen molar-refractivity contribution in [1.82, 2.24) is 4.98 Å². The lowest BCUT2D eigenvalue weighted by Crippen LogP contribution is -2.30. The topological polar surface area (TPSA) is 77.5 Å². The summed E-state index contributed by atoms with van der Waals surface area (Å²) in [4.78, 5) is 28.2. The largest absolute Gasteiger partial charge is 0.494 e. The second-order valence-corrected chi connectivity index (χ2v) is 6.24. The fourth-order valence-corrected chi connectivity index (χ4v) is 2.34. The van der Waals surface area contributed by atoms with Crippen LogP contribution < -0.4 is 10.1 Å². The van der Waals surface area contributed by atoms with E-state index in [1.54, 1.807) is 24.3 Å². The maximum atomic E-state index is 12.1. The predicted octanol–water partition coefficient (Wildman–Crippen LogP) is 4.36. The van der Waals surface area contributed by atoms with Crippen LogP contribution in [0.5, 0.6) is 5.75 Å². The van der Waals surface area contributed by atoms with Gasteiger partial charge in [-0.15, -0.1) is 0 Å². The molecule has 0 fully saturated rings. The van der Waals surface area contributed by atoms with E-state index in [2.05, 4.69) is 10.3 Å². The molecule has 0 saturated carbocycles. The maximum absolute atomic E-state index is 12.1. The average molecular weight is 397 g/mol. The first-order valence-corrected chi connectivity index (χ1v) is 8.72. The van der Waals surface area contributed by atoms with E-state index in [1.807, 2.05) is 6.92 Å². The number of esters is 1. The van der Waals surface area contributed by atoms with Crippen LogP contribution in [0.1, 0.15) is 30.6 Å². The number of carbonyl (C=O) groups is 2. The number of aromatic nitrogens is 1. The van der Waals surface area contributed by atoms with Gasteiger partial charge < -0.3 is 14.8 Å². The lowest BCUT2D eigenvalue weighted by Gasteiger charge is -2.14. The first kappa shape index (κ1) is 20.0. The van der Waals surface area contributed by atoms with E-state index in [1.165, 1.54) is 19.2 Å². The van der Waals surface area contributed by atoms with Crippen LogP contribution in [0.25, 0.3) is 0 Å². The van der Waals surface area contributed by atoms with Crippen LogP contribution in [-0.4, -0.2) is 29.6 Å². The Kier molecular flexibility index (Phi) is 7.24. The molecular formula is C18H18Cl2N2O4. The highest BCUT2D eigenvalue weighted by Gasteiger charge is 2.20. The number of carbonyl (C=O) groups excluding carboxylic acids is 2. The normalized spacial score (nSPS) is 11.5. The summed E-state index contributed by atoms with van der Waals surface area (Å²) in [6, 6.07) is 7.96. The summed E-state index contributed by atoms with van der Waals surface area (Å²) >= 11 is 11.7. The van der Waals surface area contributed by atoms with Crippen LogP contribution in [0.3, 0.4) is 0 Å². The molecule has 0 spiro atoms. The van der Waals surface area contributed by atoms with Gasteiger partial charge in [0.1, 0.15) is 5.75 Å². The number of nitrogens with zero attached hydrogens (tertiary/aromatic N) is 1. The lowest BCUT2D eigenvalue weighted by molar-refractivity contribution is -0.123. The number of hydrogen-bond acceptors (Lipinski definition) is 5. The Labute approximate surface area is 161 Å². The number of benzene rings is 1. The van der Waals surface area contributed by atoms with Crippen molar-refractivity contribution >= 4 is 40.9 Å². The van der Waals surface area contributed by atoms with Crippen LogP contribution in [0.15, 0.2) is 36.5 Å². The van der Waals surface area contributed by atoms with E-state index in [9.17, 15) is 9.59 Å².